The molecule has 1 aliphatic carbocycles. The lowest BCUT2D eigenvalue weighted by Gasteiger charge is -2.09. The van der Waals surface area contributed by atoms with Crippen LogP contribution in [0.4, 0.5) is 10.1 Å². The molecule has 0 aliphatic heterocycles. The molecule has 1 aliphatic rings. The van der Waals surface area contributed by atoms with Gasteiger partial charge in [-0.2, -0.15) is 0 Å². The van der Waals surface area contributed by atoms with Crippen molar-refractivity contribution in [2.75, 3.05) is 18.8 Å². The lowest BCUT2D eigenvalue weighted by Crippen LogP contribution is -2.35. The van der Waals surface area contributed by atoms with Crippen molar-refractivity contribution in [2.45, 2.75) is 19.8 Å². The van der Waals surface area contributed by atoms with Gasteiger partial charge >= 0.3 is 0 Å². The Kier molecular flexibility index (Phi) is 4.22. The maximum atomic E-state index is 13.8. The number of carbonyl (C=O) groups excluding carboxylic acids is 2. The highest BCUT2D eigenvalue weighted by Crippen LogP contribution is 2.28. The zero-order chi connectivity index (χ0) is 14.7. The average Bonchev–Trinajstić information content (AvgIpc) is 3.22. The molecule has 5 nitrogen and oxygen atoms in total. The summed E-state index contributed by atoms with van der Waals surface area (Å²) in [6.07, 6.45) is 1.87. The largest absolute Gasteiger partial charge is 0.399 e. The summed E-state index contributed by atoms with van der Waals surface area (Å²) in [6.45, 7) is 2.15. The summed E-state index contributed by atoms with van der Waals surface area (Å²) in [7, 11) is 0. The molecule has 1 aromatic rings. The highest BCUT2D eigenvalue weighted by Gasteiger charge is 2.29. The molecule has 1 fully saturated rings. The second-order valence-corrected chi connectivity index (χ2v) is 5.02. The van der Waals surface area contributed by atoms with E-state index in [1.54, 1.807) is 6.92 Å². The molecule has 2 amide bonds. The van der Waals surface area contributed by atoms with Gasteiger partial charge in [0.1, 0.15) is 5.82 Å². The number of nitrogens with one attached hydrogen (secondary N) is 2. The van der Waals surface area contributed by atoms with Crippen molar-refractivity contribution in [1.29, 1.82) is 0 Å². The van der Waals surface area contributed by atoms with Crippen LogP contribution in [0.1, 0.15) is 28.8 Å². The van der Waals surface area contributed by atoms with Gasteiger partial charge in [0.2, 0.25) is 5.91 Å². The Morgan fingerprint density at radius 3 is 2.60 bits per heavy atom. The Morgan fingerprint density at radius 2 is 1.95 bits per heavy atom. The van der Waals surface area contributed by atoms with Crippen molar-refractivity contribution >= 4 is 17.5 Å². The third kappa shape index (κ3) is 3.46. The zero-order valence-electron chi connectivity index (χ0n) is 11.3. The molecule has 108 valence electrons. The second-order valence-electron chi connectivity index (χ2n) is 5.02. The third-order valence-electron chi connectivity index (χ3n) is 3.18. The van der Waals surface area contributed by atoms with E-state index in [1.165, 1.54) is 12.1 Å². The van der Waals surface area contributed by atoms with Crippen LogP contribution in [-0.4, -0.2) is 24.9 Å². The van der Waals surface area contributed by atoms with Gasteiger partial charge in [-0.3, -0.25) is 9.59 Å². The Hall–Kier alpha value is -2.11. The molecule has 0 saturated heterocycles. The van der Waals surface area contributed by atoms with E-state index < -0.39 is 11.7 Å². The molecule has 1 aromatic carbocycles. The summed E-state index contributed by atoms with van der Waals surface area (Å²) in [6, 6.07) is 2.78. The van der Waals surface area contributed by atoms with Crippen molar-refractivity contribution in [3.05, 3.63) is 29.1 Å². The number of benzene rings is 1. The number of aryl methyl sites for hydroxylation is 1. The number of hydrogen-bond acceptors (Lipinski definition) is 3. The van der Waals surface area contributed by atoms with Gasteiger partial charge in [0.15, 0.2) is 0 Å². The number of amides is 2. The summed E-state index contributed by atoms with van der Waals surface area (Å²) in [5.41, 5.74) is 6.20. The van der Waals surface area contributed by atoms with E-state index in [2.05, 4.69) is 10.6 Å². The summed E-state index contributed by atoms with van der Waals surface area (Å²) in [5, 5.41) is 5.28. The minimum absolute atomic E-state index is 0.0187. The van der Waals surface area contributed by atoms with Crippen molar-refractivity contribution < 1.29 is 14.0 Å². The predicted octanol–water partition coefficient (Wildman–Crippen LogP) is 0.972. The standard InChI is InChI=1S/C14H18FN3O2/c1-8-6-10(16)7-11(12(8)15)14(20)18-5-4-17-13(19)9-2-3-9/h6-7,9H,2-5,16H2,1H3,(H,17,19)(H,18,20). The quantitative estimate of drug-likeness (QED) is 0.554. The first kappa shape index (κ1) is 14.3. The molecule has 4 N–H and O–H groups in total. The Morgan fingerprint density at radius 1 is 1.30 bits per heavy atom. The van der Waals surface area contributed by atoms with Crippen LogP contribution in [0.25, 0.3) is 0 Å². The van der Waals surface area contributed by atoms with E-state index in [0.29, 0.717) is 17.8 Å². The molecule has 0 radical (unpaired) electrons. The molecule has 0 unspecified atom stereocenters. The maximum Gasteiger partial charge on any atom is 0.254 e. The fraction of sp³-hybridized carbons (Fsp3) is 0.429. The first-order valence-corrected chi connectivity index (χ1v) is 6.60. The van der Waals surface area contributed by atoms with Crippen LogP contribution in [0.2, 0.25) is 0 Å². The lowest BCUT2D eigenvalue weighted by molar-refractivity contribution is -0.122. The predicted molar refractivity (Wildman–Crippen MR) is 73.6 cm³/mol. The normalized spacial score (nSPS) is 13.9. The molecule has 0 atom stereocenters. The molecular formula is C14H18FN3O2. The molecular weight excluding hydrogens is 261 g/mol. The second kappa shape index (κ2) is 5.90. The van der Waals surface area contributed by atoms with Gasteiger partial charge in [0.25, 0.3) is 5.91 Å². The molecule has 20 heavy (non-hydrogen) atoms. The molecule has 0 heterocycles. The Bertz CT molecular complexity index is 541. The van der Waals surface area contributed by atoms with Gasteiger partial charge in [-0.15, -0.1) is 0 Å². The first-order chi connectivity index (χ1) is 9.49. The van der Waals surface area contributed by atoms with Crippen LogP contribution < -0.4 is 16.4 Å². The lowest BCUT2D eigenvalue weighted by atomic mass is 10.1. The van der Waals surface area contributed by atoms with Gasteiger partial charge in [0, 0.05) is 24.7 Å². The van der Waals surface area contributed by atoms with Crippen LogP contribution in [0.3, 0.4) is 0 Å². The smallest absolute Gasteiger partial charge is 0.254 e. The summed E-state index contributed by atoms with van der Waals surface area (Å²) >= 11 is 0. The highest BCUT2D eigenvalue weighted by atomic mass is 19.1. The Balaban J connectivity index is 1.83. The number of anilines is 1. The maximum absolute atomic E-state index is 13.8. The molecule has 0 aromatic heterocycles. The van der Waals surface area contributed by atoms with E-state index in [4.69, 9.17) is 5.73 Å². The van der Waals surface area contributed by atoms with Gasteiger partial charge < -0.3 is 16.4 Å². The first-order valence-electron chi connectivity index (χ1n) is 6.60. The third-order valence-corrected chi connectivity index (χ3v) is 3.18. The molecule has 1 saturated carbocycles. The highest BCUT2D eigenvalue weighted by molar-refractivity contribution is 5.95. The fourth-order valence-corrected chi connectivity index (χ4v) is 1.91. The topological polar surface area (TPSA) is 84.2 Å². The van der Waals surface area contributed by atoms with Crippen LogP contribution in [0, 0.1) is 18.7 Å². The molecule has 2 rings (SSSR count). The van der Waals surface area contributed by atoms with Crippen molar-refractivity contribution in [3.63, 3.8) is 0 Å². The van der Waals surface area contributed by atoms with E-state index in [0.717, 1.165) is 12.8 Å². The summed E-state index contributed by atoms with van der Waals surface area (Å²) in [4.78, 5) is 23.2. The zero-order valence-corrected chi connectivity index (χ0v) is 11.3. The molecule has 6 heteroatoms. The van der Waals surface area contributed by atoms with E-state index in [-0.39, 0.29) is 23.9 Å². The van der Waals surface area contributed by atoms with E-state index in [9.17, 15) is 14.0 Å². The Labute approximate surface area is 116 Å². The van der Waals surface area contributed by atoms with Crippen molar-refractivity contribution in [1.82, 2.24) is 10.6 Å². The van der Waals surface area contributed by atoms with Crippen LogP contribution in [0.15, 0.2) is 12.1 Å². The minimum Gasteiger partial charge on any atom is -0.399 e. The molecule has 0 spiro atoms. The van der Waals surface area contributed by atoms with E-state index in [1.807, 2.05) is 0 Å². The van der Waals surface area contributed by atoms with Gasteiger partial charge in [0.05, 0.1) is 5.56 Å². The van der Waals surface area contributed by atoms with Gasteiger partial charge in [-0.25, -0.2) is 4.39 Å². The monoisotopic (exact) mass is 279 g/mol. The minimum atomic E-state index is -0.571. The number of hydrogen-bond donors (Lipinski definition) is 3. The van der Waals surface area contributed by atoms with Crippen LogP contribution in [-0.2, 0) is 4.79 Å². The number of nitrogen functional groups attached to an aromatic ring is 1. The van der Waals surface area contributed by atoms with Gasteiger partial charge in [-0.1, -0.05) is 0 Å². The summed E-state index contributed by atoms with van der Waals surface area (Å²) < 4.78 is 13.8. The summed E-state index contributed by atoms with van der Waals surface area (Å²) in [5.74, 6) is -0.942. The number of nitrogens with two attached hydrogens (primary N) is 1. The number of rotatable bonds is 5. The molecule has 0 bridgehead atoms. The SMILES string of the molecule is Cc1cc(N)cc(C(=O)NCCNC(=O)C2CC2)c1F. The van der Waals surface area contributed by atoms with Crippen LogP contribution >= 0.6 is 0 Å². The number of carbonyl (C=O) groups is 2. The number of halogens is 1. The van der Waals surface area contributed by atoms with E-state index >= 15 is 0 Å². The van der Waals surface area contributed by atoms with Crippen molar-refractivity contribution in [2.24, 2.45) is 5.92 Å². The van der Waals surface area contributed by atoms with Crippen LogP contribution in [0.5, 0.6) is 0 Å². The van der Waals surface area contributed by atoms with Crippen molar-refractivity contribution in [3.8, 4) is 0 Å². The fourth-order valence-electron chi connectivity index (χ4n) is 1.91. The van der Waals surface area contributed by atoms with Gasteiger partial charge in [-0.05, 0) is 37.5 Å². The average molecular weight is 279 g/mol.